The molecule has 6 heteroatoms. The number of rotatable bonds is 4. The highest BCUT2D eigenvalue weighted by molar-refractivity contribution is 5.96. The van der Waals surface area contributed by atoms with Gasteiger partial charge in [-0.25, -0.2) is 0 Å². The van der Waals surface area contributed by atoms with E-state index in [0.29, 0.717) is 11.3 Å². The van der Waals surface area contributed by atoms with Gasteiger partial charge in [0.25, 0.3) is 5.91 Å². The number of phenols is 1. The Hall–Kier alpha value is -1.72. The highest BCUT2D eigenvalue weighted by Crippen LogP contribution is 2.23. The average molecular weight is 275 g/mol. The van der Waals surface area contributed by atoms with Crippen LogP contribution in [0, 0.1) is 6.92 Å². The van der Waals surface area contributed by atoms with E-state index >= 15 is 0 Å². The lowest BCUT2D eigenvalue weighted by atomic mass is 10.1. The van der Waals surface area contributed by atoms with E-state index in [1.807, 2.05) is 0 Å². The number of halogens is 3. The summed E-state index contributed by atoms with van der Waals surface area (Å²) in [5.74, 6) is -1.11. The molecule has 0 atom stereocenters. The monoisotopic (exact) mass is 275 g/mol. The molecule has 1 aromatic carbocycles. The number of amides is 1. The first-order chi connectivity index (χ1) is 8.74. The second-order valence-corrected chi connectivity index (χ2v) is 4.36. The van der Waals surface area contributed by atoms with Crippen LogP contribution in [0.4, 0.5) is 13.2 Å². The van der Waals surface area contributed by atoms with Gasteiger partial charge < -0.3 is 10.0 Å². The van der Waals surface area contributed by atoms with Crippen molar-refractivity contribution in [1.82, 2.24) is 4.90 Å². The Morgan fingerprint density at radius 1 is 1.37 bits per heavy atom. The lowest BCUT2D eigenvalue weighted by Crippen LogP contribution is -2.39. The lowest BCUT2D eigenvalue weighted by Gasteiger charge is -2.23. The van der Waals surface area contributed by atoms with Crippen LogP contribution < -0.4 is 0 Å². The molecule has 1 rings (SSSR count). The van der Waals surface area contributed by atoms with Crippen molar-refractivity contribution in [3.05, 3.63) is 29.3 Å². The minimum Gasteiger partial charge on any atom is -0.507 e. The molecule has 0 unspecified atom stereocenters. The summed E-state index contributed by atoms with van der Waals surface area (Å²) < 4.78 is 37.2. The van der Waals surface area contributed by atoms with Crippen molar-refractivity contribution < 1.29 is 23.1 Å². The van der Waals surface area contributed by atoms with Crippen LogP contribution in [0.5, 0.6) is 5.75 Å². The van der Waals surface area contributed by atoms with Crippen LogP contribution in [0.15, 0.2) is 18.2 Å². The second-order valence-electron chi connectivity index (χ2n) is 4.36. The van der Waals surface area contributed by atoms with Crippen LogP contribution in [0.3, 0.4) is 0 Å². The average Bonchev–Trinajstić information content (AvgIpc) is 2.26. The zero-order chi connectivity index (χ0) is 14.6. The predicted octanol–water partition coefficient (Wildman–Crippen LogP) is 3.12. The SMILES string of the molecule is CCCN(CC(F)(F)F)C(=O)c1ccc(C)cc1O. The molecule has 1 N–H and O–H groups in total. The third-order valence-corrected chi connectivity index (χ3v) is 2.53. The van der Waals surface area contributed by atoms with Crippen molar-refractivity contribution in [2.75, 3.05) is 13.1 Å². The van der Waals surface area contributed by atoms with E-state index in [1.54, 1.807) is 19.9 Å². The molecule has 3 nitrogen and oxygen atoms in total. The van der Waals surface area contributed by atoms with Crippen molar-refractivity contribution in [3.8, 4) is 5.75 Å². The van der Waals surface area contributed by atoms with Crippen LogP contribution in [0.1, 0.15) is 29.3 Å². The number of nitrogens with zero attached hydrogens (tertiary/aromatic N) is 1. The Morgan fingerprint density at radius 2 is 2.00 bits per heavy atom. The molecule has 0 fully saturated rings. The molecule has 0 saturated carbocycles. The summed E-state index contributed by atoms with van der Waals surface area (Å²) in [4.78, 5) is 12.7. The summed E-state index contributed by atoms with van der Waals surface area (Å²) in [5, 5.41) is 9.65. The highest BCUT2D eigenvalue weighted by atomic mass is 19.4. The van der Waals surface area contributed by atoms with Crippen molar-refractivity contribution in [3.63, 3.8) is 0 Å². The number of carbonyl (C=O) groups excluding carboxylic acids is 1. The fourth-order valence-corrected chi connectivity index (χ4v) is 1.73. The molecule has 0 saturated heterocycles. The largest absolute Gasteiger partial charge is 0.507 e. The van der Waals surface area contributed by atoms with Gasteiger partial charge in [0.2, 0.25) is 0 Å². The first-order valence-electron chi connectivity index (χ1n) is 5.90. The Labute approximate surface area is 109 Å². The lowest BCUT2D eigenvalue weighted by molar-refractivity contribution is -0.140. The maximum atomic E-state index is 12.4. The van der Waals surface area contributed by atoms with Gasteiger partial charge in [0.1, 0.15) is 12.3 Å². The zero-order valence-corrected chi connectivity index (χ0v) is 10.8. The Bertz CT molecular complexity index is 458. The maximum Gasteiger partial charge on any atom is 0.406 e. The number of aromatic hydroxyl groups is 1. The van der Waals surface area contributed by atoms with E-state index in [-0.39, 0.29) is 17.9 Å². The molecule has 0 spiro atoms. The summed E-state index contributed by atoms with van der Waals surface area (Å²) >= 11 is 0. The van der Waals surface area contributed by atoms with Gasteiger partial charge in [0.15, 0.2) is 0 Å². The topological polar surface area (TPSA) is 40.5 Å². The standard InChI is InChI=1S/C13H16F3NO2/c1-3-6-17(8-13(14,15)16)12(19)10-5-4-9(2)7-11(10)18/h4-5,7,18H,3,6,8H2,1-2H3. The van der Waals surface area contributed by atoms with Crippen LogP contribution in [-0.2, 0) is 0 Å². The molecule has 106 valence electrons. The van der Waals surface area contributed by atoms with Crippen LogP contribution in [0.2, 0.25) is 0 Å². The number of hydrogen-bond donors (Lipinski definition) is 1. The molecule has 0 heterocycles. The second kappa shape index (κ2) is 5.95. The molecule has 0 aliphatic rings. The molecule has 0 aromatic heterocycles. The Balaban J connectivity index is 2.99. The van der Waals surface area contributed by atoms with E-state index in [0.717, 1.165) is 5.56 Å². The van der Waals surface area contributed by atoms with E-state index in [4.69, 9.17) is 0 Å². The van der Waals surface area contributed by atoms with Gasteiger partial charge in [0.05, 0.1) is 5.56 Å². The molecule has 1 aromatic rings. The predicted molar refractivity (Wildman–Crippen MR) is 65.1 cm³/mol. The minimum absolute atomic E-state index is 0.00827. The van der Waals surface area contributed by atoms with Gasteiger partial charge in [-0.05, 0) is 31.0 Å². The Kier molecular flexibility index (Phi) is 4.80. The highest BCUT2D eigenvalue weighted by Gasteiger charge is 2.33. The van der Waals surface area contributed by atoms with Crippen molar-refractivity contribution in [1.29, 1.82) is 0 Å². The van der Waals surface area contributed by atoms with E-state index < -0.39 is 18.6 Å². The number of carbonyl (C=O) groups is 1. The molecule has 1 amide bonds. The van der Waals surface area contributed by atoms with E-state index in [1.165, 1.54) is 12.1 Å². The van der Waals surface area contributed by atoms with E-state index in [9.17, 15) is 23.1 Å². The van der Waals surface area contributed by atoms with Crippen LogP contribution in [-0.4, -0.2) is 35.2 Å². The molecule has 19 heavy (non-hydrogen) atoms. The third kappa shape index (κ3) is 4.46. The number of hydrogen-bond acceptors (Lipinski definition) is 2. The molecular weight excluding hydrogens is 259 g/mol. The minimum atomic E-state index is -4.45. The third-order valence-electron chi connectivity index (χ3n) is 2.53. The van der Waals surface area contributed by atoms with E-state index in [2.05, 4.69) is 0 Å². The van der Waals surface area contributed by atoms with Gasteiger partial charge in [-0.3, -0.25) is 4.79 Å². The fraction of sp³-hybridized carbons (Fsp3) is 0.462. The van der Waals surface area contributed by atoms with Gasteiger partial charge in [0, 0.05) is 6.54 Å². The smallest absolute Gasteiger partial charge is 0.406 e. The molecule has 0 radical (unpaired) electrons. The fourth-order valence-electron chi connectivity index (χ4n) is 1.73. The summed E-state index contributed by atoms with van der Waals surface area (Å²) in [7, 11) is 0. The van der Waals surface area contributed by atoms with Crippen molar-refractivity contribution >= 4 is 5.91 Å². The first-order valence-corrected chi connectivity index (χ1v) is 5.90. The normalized spacial score (nSPS) is 11.4. The van der Waals surface area contributed by atoms with Gasteiger partial charge in [-0.1, -0.05) is 13.0 Å². The number of aryl methyl sites for hydroxylation is 1. The van der Waals surface area contributed by atoms with Gasteiger partial charge in [-0.2, -0.15) is 13.2 Å². The first kappa shape index (κ1) is 15.3. The summed E-state index contributed by atoms with van der Waals surface area (Å²) in [6.07, 6.45) is -4.04. The molecule has 0 bridgehead atoms. The number of phenolic OH excluding ortho intramolecular Hbond substituents is 1. The van der Waals surface area contributed by atoms with Crippen molar-refractivity contribution in [2.45, 2.75) is 26.4 Å². The van der Waals surface area contributed by atoms with Crippen LogP contribution >= 0.6 is 0 Å². The number of alkyl halides is 3. The molecule has 0 aliphatic heterocycles. The Morgan fingerprint density at radius 3 is 2.47 bits per heavy atom. The van der Waals surface area contributed by atoms with Crippen LogP contribution in [0.25, 0.3) is 0 Å². The molecule has 0 aliphatic carbocycles. The number of benzene rings is 1. The zero-order valence-electron chi connectivity index (χ0n) is 10.8. The van der Waals surface area contributed by atoms with Gasteiger partial charge in [-0.15, -0.1) is 0 Å². The summed E-state index contributed by atoms with van der Waals surface area (Å²) in [6, 6.07) is 4.27. The summed E-state index contributed by atoms with van der Waals surface area (Å²) in [6.45, 7) is 2.08. The van der Waals surface area contributed by atoms with Crippen molar-refractivity contribution in [2.24, 2.45) is 0 Å². The van der Waals surface area contributed by atoms with Gasteiger partial charge >= 0.3 is 6.18 Å². The quantitative estimate of drug-likeness (QED) is 0.917. The maximum absolute atomic E-state index is 12.4. The molecular formula is C13H16F3NO2. The summed E-state index contributed by atoms with van der Waals surface area (Å²) in [5.41, 5.74) is 0.621.